The van der Waals surface area contributed by atoms with Crippen LogP contribution < -0.4 is 4.74 Å². The van der Waals surface area contributed by atoms with Gasteiger partial charge in [-0.25, -0.2) is 0 Å². The van der Waals surface area contributed by atoms with Gasteiger partial charge >= 0.3 is 0 Å². The molecule has 1 aromatic carbocycles. The van der Waals surface area contributed by atoms with Gasteiger partial charge in [0.1, 0.15) is 5.75 Å². The highest BCUT2D eigenvalue weighted by Gasteiger charge is 2.30. The maximum atomic E-state index is 11.4. The molecule has 1 N–H and O–H groups in total. The summed E-state index contributed by atoms with van der Waals surface area (Å²) in [6, 6.07) is 6.89. The Morgan fingerprint density at radius 2 is 1.78 bits per heavy atom. The summed E-state index contributed by atoms with van der Waals surface area (Å²) >= 11 is 0. The van der Waals surface area contributed by atoms with Crippen molar-refractivity contribution in [2.24, 2.45) is 0 Å². The first-order chi connectivity index (χ1) is 8.61. The van der Waals surface area contributed by atoms with Gasteiger partial charge in [-0.2, -0.15) is 0 Å². The first-order valence-corrected chi connectivity index (χ1v) is 5.77. The first kappa shape index (κ1) is 12.6. The standard InChI is InChI=1S/C13H15NO4/c1-18-10-4-2-9(3-5-10)11(15)8-14-12(16)6-7-13(14)17/h2-5,11,15H,6-8H2,1H3. The Morgan fingerprint density at radius 1 is 1.22 bits per heavy atom. The molecule has 0 bridgehead atoms. The average molecular weight is 249 g/mol. The predicted octanol–water partition coefficient (Wildman–Crippen LogP) is 0.878. The van der Waals surface area contributed by atoms with Gasteiger partial charge in [0, 0.05) is 12.8 Å². The SMILES string of the molecule is COc1ccc(C(O)CN2C(=O)CCC2=O)cc1. The summed E-state index contributed by atoms with van der Waals surface area (Å²) < 4.78 is 5.02. The van der Waals surface area contributed by atoms with E-state index in [9.17, 15) is 14.7 Å². The molecule has 1 aliphatic heterocycles. The van der Waals surface area contributed by atoms with Crippen LogP contribution in [0.3, 0.4) is 0 Å². The van der Waals surface area contributed by atoms with Crippen molar-refractivity contribution in [2.45, 2.75) is 18.9 Å². The van der Waals surface area contributed by atoms with Gasteiger partial charge in [0.15, 0.2) is 0 Å². The smallest absolute Gasteiger partial charge is 0.229 e. The molecule has 2 amide bonds. The molecule has 5 heteroatoms. The van der Waals surface area contributed by atoms with Crippen molar-refractivity contribution < 1.29 is 19.4 Å². The molecule has 1 heterocycles. The van der Waals surface area contributed by atoms with Gasteiger partial charge < -0.3 is 9.84 Å². The first-order valence-electron chi connectivity index (χ1n) is 5.77. The zero-order chi connectivity index (χ0) is 13.1. The monoisotopic (exact) mass is 249 g/mol. The number of methoxy groups -OCH3 is 1. The molecule has 1 fully saturated rings. The number of aliphatic hydroxyl groups is 1. The number of rotatable bonds is 4. The highest BCUT2D eigenvalue weighted by molar-refractivity contribution is 6.01. The van der Waals surface area contributed by atoms with E-state index in [2.05, 4.69) is 0 Å². The Labute approximate surface area is 105 Å². The normalized spacial score (nSPS) is 17.1. The molecular weight excluding hydrogens is 234 g/mol. The number of imide groups is 1. The molecule has 1 atom stereocenters. The third kappa shape index (κ3) is 2.51. The van der Waals surface area contributed by atoms with E-state index in [4.69, 9.17) is 4.74 Å². The maximum absolute atomic E-state index is 11.4. The Morgan fingerprint density at radius 3 is 2.28 bits per heavy atom. The quantitative estimate of drug-likeness (QED) is 0.804. The number of likely N-dealkylation sites (tertiary alicyclic amines) is 1. The lowest BCUT2D eigenvalue weighted by Gasteiger charge is -2.18. The number of β-amino-alcohol motifs (C(OH)–C–C–N with tert-alkyl or cyclic N) is 1. The van der Waals surface area contributed by atoms with Crippen LogP contribution in [0.25, 0.3) is 0 Å². The highest BCUT2D eigenvalue weighted by atomic mass is 16.5. The van der Waals surface area contributed by atoms with Gasteiger partial charge in [-0.05, 0) is 17.7 Å². The molecule has 0 aromatic heterocycles. The number of hydrogen-bond acceptors (Lipinski definition) is 4. The van der Waals surface area contributed by atoms with Crippen LogP contribution in [0, 0.1) is 0 Å². The molecule has 1 aliphatic rings. The zero-order valence-electron chi connectivity index (χ0n) is 10.1. The van der Waals surface area contributed by atoms with E-state index >= 15 is 0 Å². The van der Waals surface area contributed by atoms with Gasteiger partial charge in [0.2, 0.25) is 11.8 Å². The lowest BCUT2D eigenvalue weighted by molar-refractivity contribution is -0.140. The Bertz CT molecular complexity index is 439. The third-order valence-electron chi connectivity index (χ3n) is 3.01. The second-order valence-electron chi connectivity index (χ2n) is 4.19. The van der Waals surface area contributed by atoms with E-state index in [1.54, 1.807) is 31.4 Å². The largest absolute Gasteiger partial charge is 0.497 e. The predicted molar refractivity (Wildman–Crippen MR) is 63.9 cm³/mol. The number of carbonyl (C=O) groups excluding carboxylic acids is 2. The van der Waals surface area contributed by atoms with Crippen molar-refractivity contribution >= 4 is 11.8 Å². The van der Waals surface area contributed by atoms with Crippen molar-refractivity contribution in [3.8, 4) is 5.75 Å². The summed E-state index contributed by atoms with van der Waals surface area (Å²) in [7, 11) is 1.56. The molecule has 0 radical (unpaired) electrons. The fraction of sp³-hybridized carbons (Fsp3) is 0.385. The van der Waals surface area contributed by atoms with Gasteiger partial charge in [-0.1, -0.05) is 12.1 Å². The zero-order valence-corrected chi connectivity index (χ0v) is 10.1. The van der Waals surface area contributed by atoms with Crippen LogP contribution in [0.5, 0.6) is 5.75 Å². The number of hydrogen-bond donors (Lipinski definition) is 1. The van der Waals surface area contributed by atoms with Crippen molar-refractivity contribution in [3.63, 3.8) is 0 Å². The number of ether oxygens (including phenoxy) is 1. The highest BCUT2D eigenvalue weighted by Crippen LogP contribution is 2.21. The Kier molecular flexibility index (Phi) is 3.62. The van der Waals surface area contributed by atoms with Gasteiger partial charge in [-0.15, -0.1) is 0 Å². The molecule has 0 spiro atoms. The Hall–Kier alpha value is -1.88. The molecule has 0 saturated carbocycles. The topological polar surface area (TPSA) is 66.8 Å². The lowest BCUT2D eigenvalue weighted by Crippen LogP contribution is -2.33. The van der Waals surface area contributed by atoms with Crippen LogP contribution in [0.15, 0.2) is 24.3 Å². The fourth-order valence-corrected chi connectivity index (χ4v) is 1.93. The van der Waals surface area contributed by atoms with Crippen molar-refractivity contribution in [1.29, 1.82) is 0 Å². The van der Waals surface area contributed by atoms with Crippen molar-refractivity contribution in [1.82, 2.24) is 4.90 Å². The molecule has 1 unspecified atom stereocenters. The summed E-state index contributed by atoms with van der Waals surface area (Å²) in [5.74, 6) is 0.263. The summed E-state index contributed by atoms with van der Waals surface area (Å²) in [6.45, 7) is 0.0179. The van der Waals surface area contributed by atoms with Crippen molar-refractivity contribution in [3.05, 3.63) is 29.8 Å². The van der Waals surface area contributed by atoms with E-state index in [0.29, 0.717) is 11.3 Å². The number of nitrogens with zero attached hydrogens (tertiary/aromatic N) is 1. The second kappa shape index (κ2) is 5.18. The van der Waals surface area contributed by atoms with Crippen LogP contribution in [0.4, 0.5) is 0 Å². The number of carbonyl (C=O) groups is 2. The lowest BCUT2D eigenvalue weighted by atomic mass is 10.1. The van der Waals surface area contributed by atoms with Gasteiger partial charge in [0.25, 0.3) is 0 Å². The molecule has 1 saturated heterocycles. The summed E-state index contributed by atoms with van der Waals surface area (Å²) in [4.78, 5) is 24.0. The van der Waals surface area contributed by atoms with Gasteiger partial charge in [-0.3, -0.25) is 14.5 Å². The number of aliphatic hydroxyl groups excluding tert-OH is 1. The fourth-order valence-electron chi connectivity index (χ4n) is 1.93. The number of benzene rings is 1. The summed E-state index contributed by atoms with van der Waals surface area (Å²) in [5, 5.41) is 9.99. The van der Waals surface area contributed by atoms with Gasteiger partial charge in [0.05, 0.1) is 19.8 Å². The number of amides is 2. The third-order valence-corrected chi connectivity index (χ3v) is 3.01. The van der Waals surface area contributed by atoms with Crippen LogP contribution >= 0.6 is 0 Å². The minimum Gasteiger partial charge on any atom is -0.497 e. The molecule has 96 valence electrons. The molecule has 2 rings (SSSR count). The molecule has 1 aromatic rings. The van der Waals surface area contributed by atoms with Crippen LogP contribution in [-0.4, -0.2) is 35.5 Å². The van der Waals surface area contributed by atoms with E-state index < -0.39 is 6.10 Å². The van der Waals surface area contributed by atoms with E-state index in [1.165, 1.54) is 0 Å². The van der Waals surface area contributed by atoms with Crippen LogP contribution in [-0.2, 0) is 9.59 Å². The molecule has 5 nitrogen and oxygen atoms in total. The maximum Gasteiger partial charge on any atom is 0.229 e. The minimum atomic E-state index is -0.859. The minimum absolute atomic E-state index is 0.0179. The van der Waals surface area contributed by atoms with E-state index in [0.717, 1.165) is 4.90 Å². The average Bonchev–Trinajstić information content (AvgIpc) is 2.70. The summed E-state index contributed by atoms with van der Waals surface area (Å²) in [5.41, 5.74) is 0.656. The molecule has 0 aliphatic carbocycles. The summed E-state index contributed by atoms with van der Waals surface area (Å²) in [6.07, 6.45) is -0.371. The van der Waals surface area contributed by atoms with Crippen LogP contribution in [0.2, 0.25) is 0 Å². The van der Waals surface area contributed by atoms with E-state index in [1.807, 2.05) is 0 Å². The molecule has 18 heavy (non-hydrogen) atoms. The second-order valence-corrected chi connectivity index (χ2v) is 4.19. The molecular formula is C13H15NO4. The van der Waals surface area contributed by atoms with E-state index in [-0.39, 0.29) is 31.2 Å². The Balaban J connectivity index is 2.04. The van der Waals surface area contributed by atoms with Crippen molar-refractivity contribution in [2.75, 3.05) is 13.7 Å². The van der Waals surface area contributed by atoms with Crippen LogP contribution in [0.1, 0.15) is 24.5 Å².